The van der Waals surface area contributed by atoms with Crippen LogP contribution in [0.1, 0.15) is 11.1 Å². The summed E-state index contributed by atoms with van der Waals surface area (Å²) in [6.07, 6.45) is -1.47. The van der Waals surface area contributed by atoms with Crippen molar-refractivity contribution >= 4 is 53.1 Å². The number of hydrogen-bond acceptors (Lipinski definition) is 7. The third-order valence-electron chi connectivity index (χ3n) is 5.46. The van der Waals surface area contributed by atoms with Crippen molar-refractivity contribution in [1.82, 2.24) is 9.03 Å². The van der Waals surface area contributed by atoms with Gasteiger partial charge in [0.15, 0.2) is 9.84 Å². The van der Waals surface area contributed by atoms with Gasteiger partial charge in [-0.1, -0.05) is 35.3 Å². The molecule has 0 radical (unpaired) electrons. The van der Waals surface area contributed by atoms with Crippen LogP contribution in [0.2, 0.25) is 10.0 Å². The van der Waals surface area contributed by atoms with Gasteiger partial charge in [0.1, 0.15) is 0 Å². The predicted octanol–water partition coefficient (Wildman–Crippen LogP) is 1.74. The predicted molar refractivity (Wildman–Crippen MR) is 130 cm³/mol. The number of hydrogen-bond donors (Lipinski definition) is 2. The largest absolute Gasteiger partial charge is 0.390 e. The number of sulfone groups is 1. The Bertz CT molecular complexity index is 1410. The Morgan fingerprint density at radius 1 is 0.971 bits per heavy atom. The highest BCUT2D eigenvalue weighted by Crippen LogP contribution is 2.29. The Morgan fingerprint density at radius 2 is 1.50 bits per heavy atom. The number of aliphatic hydroxyl groups excluding tert-OH is 1. The first-order chi connectivity index (χ1) is 15.6. The molecule has 9 nitrogen and oxygen atoms in total. The molecule has 0 unspecified atom stereocenters. The Kier molecular flexibility index (Phi) is 8.05. The van der Waals surface area contributed by atoms with Gasteiger partial charge in [-0.25, -0.2) is 30.0 Å². The molecule has 1 aliphatic rings. The van der Waals surface area contributed by atoms with Crippen LogP contribution in [-0.2, 0) is 29.9 Å². The van der Waals surface area contributed by atoms with E-state index >= 15 is 0 Å². The van der Waals surface area contributed by atoms with Gasteiger partial charge in [-0.2, -0.15) is 4.31 Å². The van der Waals surface area contributed by atoms with Gasteiger partial charge in [-0.3, -0.25) is 0 Å². The highest BCUT2D eigenvalue weighted by atomic mass is 35.5. The van der Waals surface area contributed by atoms with Crippen molar-refractivity contribution in [1.29, 1.82) is 0 Å². The SMILES string of the molecule is Cc1ccc(Cl)cc1S(=O)(=O)NCCN([C@@H]1CS(=O)(=O)C[C@@H]1O)S(=O)(=O)c1cc(Cl)ccc1C. The summed E-state index contributed by atoms with van der Waals surface area (Å²) in [5.74, 6) is -1.18. The summed E-state index contributed by atoms with van der Waals surface area (Å²) < 4.78 is 80.0. The van der Waals surface area contributed by atoms with E-state index in [2.05, 4.69) is 4.72 Å². The van der Waals surface area contributed by atoms with Gasteiger partial charge in [0, 0.05) is 23.1 Å². The van der Waals surface area contributed by atoms with Crippen LogP contribution in [0, 0.1) is 13.8 Å². The fraction of sp³-hybridized carbons (Fsp3) is 0.400. The summed E-state index contributed by atoms with van der Waals surface area (Å²) in [7, 11) is -12.1. The van der Waals surface area contributed by atoms with Crippen LogP contribution >= 0.6 is 23.2 Å². The maximum atomic E-state index is 13.5. The second-order valence-electron chi connectivity index (χ2n) is 8.04. The standard InChI is InChI=1S/C20H24Cl2N2O7S3/c1-13-3-5-15(21)9-19(13)33(28,29)23-7-8-24(17-11-32(26,27)12-18(17)25)34(30,31)20-10-16(22)6-4-14(20)2/h3-6,9-10,17-18,23,25H,7-8,11-12H2,1-2H3/t17-,18+/m1/s1. The molecule has 0 bridgehead atoms. The van der Waals surface area contributed by atoms with Crippen molar-refractivity contribution in [3.63, 3.8) is 0 Å². The van der Waals surface area contributed by atoms with Crippen LogP contribution in [0.4, 0.5) is 0 Å². The molecule has 1 fully saturated rings. The molecule has 2 N–H and O–H groups in total. The second kappa shape index (κ2) is 10.0. The number of aryl methyl sites for hydroxylation is 2. The Balaban J connectivity index is 1.94. The number of nitrogens with one attached hydrogen (secondary N) is 1. The van der Waals surface area contributed by atoms with Crippen molar-refractivity contribution in [2.45, 2.75) is 35.8 Å². The minimum atomic E-state index is -4.35. The average Bonchev–Trinajstić information content (AvgIpc) is 3.00. The number of benzene rings is 2. The average molecular weight is 572 g/mol. The van der Waals surface area contributed by atoms with Crippen molar-refractivity contribution < 1.29 is 30.4 Å². The normalized spacial score (nSPS) is 20.6. The van der Waals surface area contributed by atoms with Gasteiger partial charge in [0.2, 0.25) is 20.0 Å². The van der Waals surface area contributed by atoms with Gasteiger partial charge in [0.25, 0.3) is 0 Å². The molecule has 0 spiro atoms. The molecule has 3 rings (SSSR count). The van der Waals surface area contributed by atoms with Crippen LogP contribution in [0.25, 0.3) is 0 Å². The van der Waals surface area contributed by atoms with Gasteiger partial charge >= 0.3 is 0 Å². The summed E-state index contributed by atoms with van der Waals surface area (Å²) in [4.78, 5) is -0.228. The molecule has 0 aromatic heterocycles. The lowest BCUT2D eigenvalue weighted by Gasteiger charge is -2.30. The maximum Gasteiger partial charge on any atom is 0.243 e. The first kappa shape index (κ1) is 27.3. The highest BCUT2D eigenvalue weighted by molar-refractivity contribution is 7.92. The third kappa shape index (κ3) is 5.93. The molecule has 188 valence electrons. The molecule has 2 atom stereocenters. The number of halogens is 2. The summed E-state index contributed by atoms with van der Waals surface area (Å²) in [5, 5.41) is 10.7. The molecule has 0 amide bonds. The number of sulfonamides is 2. The molecule has 1 saturated heterocycles. The monoisotopic (exact) mass is 570 g/mol. The Morgan fingerprint density at radius 3 is 2.03 bits per heavy atom. The molecule has 0 aliphatic carbocycles. The zero-order chi connectivity index (χ0) is 25.5. The fourth-order valence-corrected chi connectivity index (χ4v) is 9.32. The van der Waals surface area contributed by atoms with Crippen LogP contribution < -0.4 is 4.72 Å². The first-order valence-corrected chi connectivity index (χ1v) is 15.6. The number of aliphatic hydroxyl groups is 1. The fourth-order valence-electron chi connectivity index (χ4n) is 3.76. The van der Waals surface area contributed by atoms with Gasteiger partial charge < -0.3 is 5.11 Å². The maximum absolute atomic E-state index is 13.5. The summed E-state index contributed by atoms with van der Waals surface area (Å²) in [6.45, 7) is 2.33. The van der Waals surface area contributed by atoms with E-state index in [1.165, 1.54) is 30.3 Å². The first-order valence-electron chi connectivity index (χ1n) is 10.1. The van der Waals surface area contributed by atoms with Crippen molar-refractivity contribution in [3.8, 4) is 0 Å². The van der Waals surface area contributed by atoms with E-state index < -0.39 is 60.1 Å². The lowest BCUT2D eigenvalue weighted by molar-refractivity contribution is 0.128. The van der Waals surface area contributed by atoms with Crippen molar-refractivity contribution in [2.75, 3.05) is 24.6 Å². The molecule has 1 aliphatic heterocycles. The molecule has 0 saturated carbocycles. The van der Waals surface area contributed by atoms with E-state index in [4.69, 9.17) is 23.2 Å². The van der Waals surface area contributed by atoms with E-state index in [-0.39, 0.29) is 26.4 Å². The van der Waals surface area contributed by atoms with Gasteiger partial charge in [0.05, 0.1) is 33.4 Å². The van der Waals surface area contributed by atoms with Crippen LogP contribution in [0.5, 0.6) is 0 Å². The van der Waals surface area contributed by atoms with Crippen molar-refractivity contribution in [3.05, 3.63) is 57.6 Å². The van der Waals surface area contributed by atoms with E-state index in [0.717, 1.165) is 4.31 Å². The smallest absolute Gasteiger partial charge is 0.243 e. The quantitative estimate of drug-likeness (QED) is 0.492. The second-order valence-corrected chi connectivity index (χ2v) is 14.7. The van der Waals surface area contributed by atoms with E-state index in [9.17, 15) is 30.4 Å². The minimum Gasteiger partial charge on any atom is -0.390 e. The molecule has 1 heterocycles. The molecular weight excluding hydrogens is 547 g/mol. The lowest BCUT2D eigenvalue weighted by atomic mass is 10.2. The Hall–Kier alpha value is -1.25. The summed E-state index contributed by atoms with van der Waals surface area (Å²) in [5.41, 5.74) is 0.799. The van der Waals surface area contributed by atoms with Crippen LogP contribution in [0.15, 0.2) is 46.2 Å². The van der Waals surface area contributed by atoms with Crippen molar-refractivity contribution in [2.24, 2.45) is 0 Å². The van der Waals surface area contributed by atoms with E-state index in [0.29, 0.717) is 11.1 Å². The molecule has 2 aromatic carbocycles. The Labute approximate surface area is 209 Å². The molecule has 2 aromatic rings. The summed E-state index contributed by atoms with van der Waals surface area (Å²) in [6, 6.07) is 7.31. The van der Waals surface area contributed by atoms with E-state index in [1.807, 2.05) is 0 Å². The minimum absolute atomic E-state index is 0.0661. The van der Waals surface area contributed by atoms with Gasteiger partial charge in [-0.15, -0.1) is 0 Å². The summed E-state index contributed by atoms with van der Waals surface area (Å²) >= 11 is 11.9. The highest BCUT2D eigenvalue weighted by Gasteiger charge is 2.45. The van der Waals surface area contributed by atoms with E-state index in [1.54, 1.807) is 19.9 Å². The molecule has 34 heavy (non-hydrogen) atoms. The van der Waals surface area contributed by atoms with Crippen LogP contribution in [0.3, 0.4) is 0 Å². The topological polar surface area (TPSA) is 138 Å². The molecular formula is C20H24Cl2N2O7S3. The third-order valence-corrected chi connectivity index (χ3v) is 11.3. The molecule has 14 heteroatoms. The number of rotatable bonds is 8. The lowest BCUT2D eigenvalue weighted by Crippen LogP contribution is -2.49. The number of nitrogens with zero attached hydrogens (tertiary/aromatic N) is 1. The zero-order valence-electron chi connectivity index (χ0n) is 18.3. The van der Waals surface area contributed by atoms with Gasteiger partial charge in [-0.05, 0) is 49.2 Å². The zero-order valence-corrected chi connectivity index (χ0v) is 22.2. The van der Waals surface area contributed by atoms with Crippen LogP contribution in [-0.4, -0.2) is 71.4 Å².